The highest BCUT2D eigenvalue weighted by Crippen LogP contribution is 2.53. The van der Waals surface area contributed by atoms with E-state index in [9.17, 15) is 34.8 Å². The lowest BCUT2D eigenvalue weighted by molar-refractivity contribution is -0.167. The van der Waals surface area contributed by atoms with Crippen molar-refractivity contribution in [2.75, 3.05) is 19.0 Å². The van der Waals surface area contributed by atoms with Crippen LogP contribution in [-0.4, -0.2) is 63.7 Å². The number of phenolic OH excluding ortho intramolecular Hbond substituents is 1. The van der Waals surface area contributed by atoms with Crippen molar-refractivity contribution in [1.82, 2.24) is 0 Å². The van der Waals surface area contributed by atoms with Crippen molar-refractivity contribution < 1.29 is 34.8 Å². The van der Waals surface area contributed by atoms with Gasteiger partial charge in [0.2, 0.25) is 5.91 Å². The van der Waals surface area contributed by atoms with Crippen molar-refractivity contribution in [3.8, 4) is 16.9 Å². The van der Waals surface area contributed by atoms with Crippen LogP contribution in [0, 0.1) is 17.8 Å². The van der Waals surface area contributed by atoms with Crippen LogP contribution in [0.3, 0.4) is 0 Å². The zero-order valence-corrected chi connectivity index (χ0v) is 21.0. The number of ketones is 2. The van der Waals surface area contributed by atoms with Crippen LogP contribution in [0.2, 0.25) is 5.02 Å². The number of nitrogens with zero attached hydrogens (tertiary/aromatic N) is 1. The van der Waals surface area contributed by atoms with E-state index in [2.05, 4.69) is 0 Å². The van der Waals surface area contributed by atoms with Gasteiger partial charge in [0.05, 0.1) is 11.7 Å². The summed E-state index contributed by atoms with van der Waals surface area (Å²) in [4.78, 5) is 40.8. The maximum Gasteiger partial charge on any atom is 0.230 e. The van der Waals surface area contributed by atoms with Crippen LogP contribution in [0.5, 0.6) is 5.75 Å². The molecule has 5 rings (SSSR count). The van der Waals surface area contributed by atoms with Gasteiger partial charge in [-0.2, -0.15) is 0 Å². The first-order valence-corrected chi connectivity index (χ1v) is 12.3. The number of Topliss-reactive ketones (excluding diaryl/α,β-unsaturated/α-hetero) is 2. The number of nitrogens with two attached hydrogens (primary N) is 1. The Morgan fingerprint density at radius 3 is 2.38 bits per heavy atom. The molecule has 1 fully saturated rings. The largest absolute Gasteiger partial charge is 0.508 e. The fraction of sp³-hybridized carbons (Fsp3) is 0.370. The summed E-state index contributed by atoms with van der Waals surface area (Å²) in [6, 6.07) is 8.52. The van der Waals surface area contributed by atoms with E-state index in [1.807, 2.05) is 19.0 Å². The average molecular weight is 527 g/mol. The average Bonchev–Trinajstić information content (AvgIpc) is 2.82. The van der Waals surface area contributed by atoms with Crippen LogP contribution in [-0.2, 0) is 16.0 Å². The molecule has 3 aliphatic carbocycles. The predicted octanol–water partition coefficient (Wildman–Crippen LogP) is 2.13. The van der Waals surface area contributed by atoms with Crippen LogP contribution in [0.1, 0.15) is 28.8 Å². The summed E-state index contributed by atoms with van der Waals surface area (Å²) >= 11 is 6.02. The van der Waals surface area contributed by atoms with E-state index in [-0.39, 0.29) is 36.1 Å². The predicted molar refractivity (Wildman–Crippen MR) is 135 cm³/mol. The first kappa shape index (κ1) is 25.3. The summed E-state index contributed by atoms with van der Waals surface area (Å²) < 4.78 is 0. The highest BCUT2D eigenvalue weighted by atomic mass is 35.5. The minimum Gasteiger partial charge on any atom is -0.508 e. The van der Waals surface area contributed by atoms with Crippen molar-refractivity contribution >= 4 is 34.8 Å². The molecule has 5 atom stereocenters. The summed E-state index contributed by atoms with van der Waals surface area (Å²) in [5, 5.41) is 44.9. The van der Waals surface area contributed by atoms with Gasteiger partial charge < -0.3 is 31.1 Å². The standard InChI is InChI=1S/C27H27ClN2O7/c1-30(2)17-10-15(11-3-5-14(28)6-4-11)22(32)20-16(17)8-12-7-13-9-18(31)21(26(29)36)25(35)27(13,37)24(34)19(12)23(20)33/h3-6,10,12-13,18,21,31-32,34,37H,7-9H2,1-2H3,(H2,29,36)/t12-,13+,18?,21?,27+/m1/s1. The third-order valence-electron chi connectivity index (χ3n) is 8.00. The number of carbonyl (C=O) groups excluding carboxylic acids is 3. The van der Waals surface area contributed by atoms with Gasteiger partial charge in [0, 0.05) is 41.9 Å². The van der Waals surface area contributed by atoms with Crippen molar-refractivity contribution in [2.24, 2.45) is 23.5 Å². The highest BCUT2D eigenvalue weighted by molar-refractivity contribution is 6.30. The molecule has 3 aliphatic rings. The molecule has 10 heteroatoms. The number of aliphatic hydroxyl groups is 3. The van der Waals surface area contributed by atoms with Gasteiger partial charge >= 0.3 is 0 Å². The lowest BCUT2D eigenvalue weighted by atomic mass is 9.57. The lowest BCUT2D eigenvalue weighted by Gasteiger charge is -2.48. The van der Waals surface area contributed by atoms with Gasteiger partial charge in [0.1, 0.15) is 17.4 Å². The monoisotopic (exact) mass is 526 g/mol. The maximum absolute atomic E-state index is 13.9. The van der Waals surface area contributed by atoms with E-state index in [1.165, 1.54) is 0 Å². The summed E-state index contributed by atoms with van der Waals surface area (Å²) in [5.41, 5.74) is 4.83. The Balaban J connectivity index is 1.71. The minimum absolute atomic E-state index is 0.0225. The fourth-order valence-electron chi connectivity index (χ4n) is 6.22. The number of amides is 1. The molecule has 0 bridgehead atoms. The number of hydrogen-bond acceptors (Lipinski definition) is 8. The molecule has 2 aromatic rings. The first-order chi connectivity index (χ1) is 17.4. The molecule has 0 spiro atoms. The van der Waals surface area contributed by atoms with Gasteiger partial charge in [0.15, 0.2) is 17.2 Å². The molecule has 0 aromatic heterocycles. The van der Waals surface area contributed by atoms with Crippen molar-refractivity contribution in [3.05, 3.63) is 57.8 Å². The Bertz CT molecular complexity index is 1380. The Morgan fingerprint density at radius 1 is 1.14 bits per heavy atom. The summed E-state index contributed by atoms with van der Waals surface area (Å²) in [7, 11) is 3.62. The number of fused-ring (bicyclic) bond motifs is 3. The second-order valence-corrected chi connectivity index (χ2v) is 10.7. The third kappa shape index (κ3) is 3.56. The zero-order valence-electron chi connectivity index (χ0n) is 20.2. The number of aromatic hydroxyl groups is 1. The number of anilines is 1. The van der Waals surface area contributed by atoms with E-state index in [0.717, 1.165) is 0 Å². The maximum atomic E-state index is 13.9. The zero-order chi connectivity index (χ0) is 27.0. The normalized spacial score (nSPS) is 28.9. The quantitative estimate of drug-likeness (QED) is 0.380. The van der Waals surface area contributed by atoms with E-state index < -0.39 is 52.7 Å². The Labute approximate surface area is 217 Å². The van der Waals surface area contributed by atoms with Crippen molar-refractivity contribution in [3.63, 3.8) is 0 Å². The Morgan fingerprint density at radius 2 is 1.78 bits per heavy atom. The Kier molecular flexibility index (Phi) is 5.86. The van der Waals surface area contributed by atoms with Crippen LogP contribution >= 0.6 is 11.6 Å². The number of primary amides is 1. The van der Waals surface area contributed by atoms with Crippen LogP contribution < -0.4 is 10.6 Å². The number of phenols is 1. The second-order valence-electron chi connectivity index (χ2n) is 10.3. The van der Waals surface area contributed by atoms with E-state index in [0.29, 0.717) is 27.4 Å². The Hall–Kier alpha value is -3.40. The minimum atomic E-state index is -2.54. The van der Waals surface area contributed by atoms with Crippen molar-refractivity contribution in [2.45, 2.75) is 31.0 Å². The van der Waals surface area contributed by atoms with Gasteiger partial charge in [-0.25, -0.2) is 0 Å². The van der Waals surface area contributed by atoms with Crippen molar-refractivity contribution in [1.29, 1.82) is 0 Å². The summed E-state index contributed by atoms with van der Waals surface area (Å²) in [5.74, 6) is -7.28. The molecule has 0 radical (unpaired) electrons. The molecule has 0 aliphatic heterocycles. The first-order valence-electron chi connectivity index (χ1n) is 11.9. The molecule has 6 N–H and O–H groups in total. The number of aliphatic hydroxyl groups excluding tert-OH is 2. The number of rotatable bonds is 3. The SMILES string of the molecule is CN(C)c1cc(-c2ccc(Cl)cc2)c(O)c2c1C[C@H]1C[C@H]3CC(O)C(C(N)=O)C(=O)[C@@]3(O)C(O)=C1C2=O. The summed E-state index contributed by atoms with van der Waals surface area (Å²) in [6.07, 6.45) is -1.19. The molecule has 1 saturated carbocycles. The highest BCUT2D eigenvalue weighted by Gasteiger charge is 2.62. The number of halogens is 1. The van der Waals surface area contributed by atoms with E-state index in [4.69, 9.17) is 17.3 Å². The molecule has 194 valence electrons. The second kappa shape index (κ2) is 8.58. The van der Waals surface area contributed by atoms with Crippen LogP contribution in [0.25, 0.3) is 11.1 Å². The van der Waals surface area contributed by atoms with Gasteiger partial charge in [-0.15, -0.1) is 0 Å². The third-order valence-corrected chi connectivity index (χ3v) is 8.25. The number of carbonyl (C=O) groups is 3. The van der Waals surface area contributed by atoms with Crippen LogP contribution in [0.4, 0.5) is 5.69 Å². The molecule has 0 heterocycles. The fourth-order valence-corrected chi connectivity index (χ4v) is 6.35. The lowest BCUT2D eigenvalue weighted by Crippen LogP contribution is -2.63. The molecule has 1 amide bonds. The molecule has 37 heavy (non-hydrogen) atoms. The van der Waals surface area contributed by atoms with E-state index >= 15 is 0 Å². The van der Waals surface area contributed by atoms with Crippen LogP contribution in [0.15, 0.2) is 41.7 Å². The van der Waals surface area contributed by atoms with E-state index in [1.54, 1.807) is 30.3 Å². The molecular weight excluding hydrogens is 500 g/mol. The van der Waals surface area contributed by atoms with Gasteiger partial charge in [0.25, 0.3) is 0 Å². The van der Waals surface area contributed by atoms with Gasteiger partial charge in [-0.1, -0.05) is 23.7 Å². The topological polar surface area (TPSA) is 161 Å². The number of hydrogen-bond donors (Lipinski definition) is 5. The van der Waals surface area contributed by atoms with Gasteiger partial charge in [-0.3, -0.25) is 14.4 Å². The molecule has 9 nitrogen and oxygen atoms in total. The number of allylic oxidation sites excluding steroid dienone is 1. The molecular formula is C27H27ClN2O7. The number of benzene rings is 2. The smallest absolute Gasteiger partial charge is 0.230 e. The molecule has 2 aromatic carbocycles. The molecule has 2 unspecified atom stereocenters. The summed E-state index contributed by atoms with van der Waals surface area (Å²) in [6.45, 7) is 0. The molecule has 0 saturated heterocycles. The van der Waals surface area contributed by atoms with Gasteiger partial charge in [-0.05, 0) is 54.5 Å².